The van der Waals surface area contributed by atoms with Crippen molar-refractivity contribution in [3.63, 3.8) is 0 Å². The number of hydrogen-bond acceptors (Lipinski definition) is 1. The molecular formula is C16H15N3O. The van der Waals surface area contributed by atoms with Crippen molar-refractivity contribution < 1.29 is 4.79 Å². The maximum atomic E-state index is 11.9. The molecule has 0 saturated carbocycles. The van der Waals surface area contributed by atoms with Crippen LogP contribution in [0.25, 0.3) is 10.9 Å². The Kier molecular flexibility index (Phi) is 3.13. The van der Waals surface area contributed by atoms with Crippen molar-refractivity contribution in [3.05, 3.63) is 60.3 Å². The van der Waals surface area contributed by atoms with E-state index < -0.39 is 0 Å². The standard InChI is InChI=1S/C16H15N3O/c1-11-10-17-15-8-7-13(9-14(11)15)19-16(20)18-12-5-3-2-4-6-12/h2-10,17H,1H3,(H2,18,19,20). The summed E-state index contributed by atoms with van der Waals surface area (Å²) in [6.07, 6.45) is 1.96. The van der Waals surface area contributed by atoms with E-state index in [1.165, 1.54) is 0 Å². The highest BCUT2D eigenvalue weighted by atomic mass is 16.2. The number of para-hydroxylation sites is 1. The van der Waals surface area contributed by atoms with Gasteiger partial charge < -0.3 is 15.6 Å². The number of amides is 2. The highest BCUT2D eigenvalue weighted by Gasteiger charge is 2.05. The minimum Gasteiger partial charge on any atom is -0.361 e. The van der Waals surface area contributed by atoms with Crippen LogP contribution in [0.15, 0.2) is 54.7 Å². The SMILES string of the molecule is Cc1c[nH]c2ccc(NC(=O)Nc3ccccc3)cc12. The fraction of sp³-hybridized carbons (Fsp3) is 0.0625. The van der Waals surface area contributed by atoms with E-state index in [-0.39, 0.29) is 6.03 Å². The predicted octanol–water partition coefficient (Wildman–Crippen LogP) is 4.12. The number of urea groups is 1. The highest BCUT2D eigenvalue weighted by molar-refractivity contribution is 6.01. The van der Waals surface area contributed by atoms with Crippen molar-refractivity contribution in [2.24, 2.45) is 0 Å². The van der Waals surface area contributed by atoms with Gasteiger partial charge in [0.15, 0.2) is 0 Å². The van der Waals surface area contributed by atoms with Crippen LogP contribution in [0.4, 0.5) is 16.2 Å². The van der Waals surface area contributed by atoms with Gasteiger partial charge in [-0.3, -0.25) is 0 Å². The second-order valence-corrected chi connectivity index (χ2v) is 4.68. The number of anilines is 2. The summed E-state index contributed by atoms with van der Waals surface area (Å²) in [7, 11) is 0. The minimum absolute atomic E-state index is 0.247. The van der Waals surface area contributed by atoms with Crippen LogP contribution in [0, 0.1) is 6.92 Å². The number of aromatic amines is 1. The van der Waals surface area contributed by atoms with Crippen molar-refractivity contribution >= 4 is 28.3 Å². The van der Waals surface area contributed by atoms with E-state index in [0.29, 0.717) is 0 Å². The second-order valence-electron chi connectivity index (χ2n) is 4.68. The first kappa shape index (κ1) is 12.3. The van der Waals surface area contributed by atoms with Crippen LogP contribution < -0.4 is 10.6 Å². The maximum absolute atomic E-state index is 11.9. The Morgan fingerprint density at radius 1 is 1.00 bits per heavy atom. The first-order chi connectivity index (χ1) is 9.72. The molecular weight excluding hydrogens is 250 g/mol. The monoisotopic (exact) mass is 265 g/mol. The molecule has 0 aliphatic rings. The molecule has 0 radical (unpaired) electrons. The first-order valence-corrected chi connectivity index (χ1v) is 6.43. The van der Waals surface area contributed by atoms with Crippen LogP contribution in [0.1, 0.15) is 5.56 Å². The normalized spacial score (nSPS) is 10.4. The molecule has 0 bridgehead atoms. The molecule has 100 valence electrons. The van der Waals surface area contributed by atoms with Gasteiger partial charge in [-0.2, -0.15) is 0 Å². The smallest absolute Gasteiger partial charge is 0.323 e. The van der Waals surface area contributed by atoms with Gasteiger partial charge in [0.1, 0.15) is 0 Å². The number of nitrogens with one attached hydrogen (secondary N) is 3. The van der Waals surface area contributed by atoms with Gasteiger partial charge in [0.25, 0.3) is 0 Å². The van der Waals surface area contributed by atoms with Gasteiger partial charge in [0.05, 0.1) is 0 Å². The lowest BCUT2D eigenvalue weighted by Gasteiger charge is -2.07. The Bertz CT molecular complexity index is 747. The largest absolute Gasteiger partial charge is 0.361 e. The van der Waals surface area contributed by atoms with Gasteiger partial charge >= 0.3 is 6.03 Å². The number of carbonyl (C=O) groups is 1. The quantitative estimate of drug-likeness (QED) is 0.641. The summed E-state index contributed by atoms with van der Waals surface area (Å²) in [4.78, 5) is 15.1. The zero-order valence-corrected chi connectivity index (χ0v) is 11.1. The topological polar surface area (TPSA) is 56.9 Å². The Morgan fingerprint density at radius 2 is 1.75 bits per heavy atom. The van der Waals surface area contributed by atoms with Gasteiger partial charge in [0, 0.05) is 28.5 Å². The number of hydrogen-bond donors (Lipinski definition) is 3. The average molecular weight is 265 g/mol. The lowest BCUT2D eigenvalue weighted by atomic mass is 10.2. The van der Waals surface area contributed by atoms with Gasteiger partial charge in [0.2, 0.25) is 0 Å². The van der Waals surface area contributed by atoms with Crippen LogP contribution in [-0.4, -0.2) is 11.0 Å². The number of benzene rings is 2. The molecule has 0 aliphatic carbocycles. The average Bonchev–Trinajstić information content (AvgIpc) is 2.81. The molecule has 20 heavy (non-hydrogen) atoms. The second kappa shape index (κ2) is 5.09. The molecule has 1 heterocycles. The molecule has 4 nitrogen and oxygen atoms in total. The van der Waals surface area contributed by atoms with Crippen molar-refractivity contribution in [1.82, 2.24) is 4.98 Å². The number of carbonyl (C=O) groups excluding carboxylic acids is 1. The number of aryl methyl sites for hydroxylation is 1. The fourth-order valence-corrected chi connectivity index (χ4v) is 2.15. The Balaban J connectivity index is 1.75. The van der Waals surface area contributed by atoms with E-state index in [2.05, 4.69) is 15.6 Å². The Hall–Kier alpha value is -2.75. The summed E-state index contributed by atoms with van der Waals surface area (Å²) in [5.74, 6) is 0. The third kappa shape index (κ3) is 2.49. The zero-order valence-electron chi connectivity index (χ0n) is 11.1. The Morgan fingerprint density at radius 3 is 2.55 bits per heavy atom. The summed E-state index contributed by atoms with van der Waals surface area (Å²) in [5, 5.41) is 6.74. The minimum atomic E-state index is -0.247. The molecule has 2 aromatic carbocycles. The molecule has 3 N–H and O–H groups in total. The van der Waals surface area contributed by atoms with Crippen LogP contribution in [0.5, 0.6) is 0 Å². The third-order valence-electron chi connectivity index (χ3n) is 3.18. The highest BCUT2D eigenvalue weighted by Crippen LogP contribution is 2.21. The van der Waals surface area contributed by atoms with Crippen molar-refractivity contribution in [1.29, 1.82) is 0 Å². The number of fused-ring (bicyclic) bond motifs is 1. The summed E-state index contributed by atoms with van der Waals surface area (Å²) in [6.45, 7) is 2.03. The Labute approximate surface area is 116 Å². The molecule has 0 fully saturated rings. The lowest BCUT2D eigenvalue weighted by Crippen LogP contribution is -2.19. The molecule has 0 spiro atoms. The molecule has 3 aromatic rings. The van der Waals surface area contributed by atoms with E-state index >= 15 is 0 Å². The van der Waals surface area contributed by atoms with Gasteiger partial charge in [-0.05, 0) is 42.8 Å². The van der Waals surface area contributed by atoms with Crippen LogP contribution in [-0.2, 0) is 0 Å². The van der Waals surface area contributed by atoms with E-state index in [1.807, 2.05) is 61.7 Å². The molecule has 0 aliphatic heterocycles. The van der Waals surface area contributed by atoms with Gasteiger partial charge in [-0.25, -0.2) is 4.79 Å². The van der Waals surface area contributed by atoms with Crippen molar-refractivity contribution in [2.45, 2.75) is 6.92 Å². The molecule has 3 rings (SSSR count). The van der Waals surface area contributed by atoms with E-state index in [4.69, 9.17) is 0 Å². The number of H-pyrrole nitrogens is 1. The lowest BCUT2D eigenvalue weighted by molar-refractivity contribution is 0.262. The number of aromatic nitrogens is 1. The molecule has 0 saturated heterocycles. The van der Waals surface area contributed by atoms with Crippen molar-refractivity contribution in [2.75, 3.05) is 10.6 Å². The summed E-state index contributed by atoms with van der Waals surface area (Å²) in [6, 6.07) is 14.9. The summed E-state index contributed by atoms with van der Waals surface area (Å²) < 4.78 is 0. The molecule has 0 atom stereocenters. The predicted molar refractivity (Wildman–Crippen MR) is 82.1 cm³/mol. The van der Waals surface area contributed by atoms with Gasteiger partial charge in [-0.1, -0.05) is 18.2 Å². The summed E-state index contributed by atoms with van der Waals surface area (Å²) in [5.41, 5.74) is 3.76. The van der Waals surface area contributed by atoms with Crippen LogP contribution in [0.2, 0.25) is 0 Å². The molecule has 0 unspecified atom stereocenters. The van der Waals surface area contributed by atoms with Gasteiger partial charge in [-0.15, -0.1) is 0 Å². The zero-order chi connectivity index (χ0) is 13.9. The van der Waals surface area contributed by atoms with Crippen LogP contribution >= 0.6 is 0 Å². The van der Waals surface area contributed by atoms with E-state index in [0.717, 1.165) is 27.8 Å². The molecule has 1 aromatic heterocycles. The molecule has 2 amide bonds. The first-order valence-electron chi connectivity index (χ1n) is 6.43. The number of rotatable bonds is 2. The van der Waals surface area contributed by atoms with E-state index in [9.17, 15) is 4.79 Å². The summed E-state index contributed by atoms with van der Waals surface area (Å²) >= 11 is 0. The van der Waals surface area contributed by atoms with Crippen LogP contribution in [0.3, 0.4) is 0 Å². The third-order valence-corrected chi connectivity index (χ3v) is 3.18. The van der Waals surface area contributed by atoms with E-state index in [1.54, 1.807) is 0 Å². The molecule has 4 heteroatoms. The fourth-order valence-electron chi connectivity index (χ4n) is 2.15. The van der Waals surface area contributed by atoms with Crippen molar-refractivity contribution in [3.8, 4) is 0 Å². The maximum Gasteiger partial charge on any atom is 0.323 e.